The van der Waals surface area contributed by atoms with Crippen LogP contribution in [0.3, 0.4) is 0 Å². The Morgan fingerprint density at radius 3 is 2.50 bits per heavy atom. The molecule has 0 saturated carbocycles. The molecule has 0 unspecified atom stereocenters. The molecule has 142 valence electrons. The molecular weight excluding hydrogens is 359 g/mol. The van der Waals surface area contributed by atoms with E-state index in [9.17, 15) is 14.3 Å². The summed E-state index contributed by atoms with van der Waals surface area (Å²) < 4.78 is 13.1. The Bertz CT molecular complexity index is 1030. The number of carbonyl (C=O) groups is 1. The maximum atomic E-state index is 13.1. The standard InChI is InChI=1S/C21H19FN4O2/c22-14-5-6-17(19(27)9-14)24-16-10-18(26-20(23)11-16)21(28)25-15-7-12-3-1-2-4-13(12)8-15/h1-6,9-11,15,27H,7-8H2,(H,25,28)(H3,23,24,26). The second kappa shape index (κ2) is 7.19. The average molecular weight is 378 g/mol. The van der Waals surface area contributed by atoms with Gasteiger partial charge >= 0.3 is 0 Å². The number of phenols is 1. The number of pyridine rings is 1. The van der Waals surface area contributed by atoms with Gasteiger partial charge in [-0.15, -0.1) is 0 Å². The monoisotopic (exact) mass is 378 g/mol. The molecule has 5 N–H and O–H groups in total. The van der Waals surface area contributed by atoms with Gasteiger partial charge in [0.25, 0.3) is 5.91 Å². The summed E-state index contributed by atoms with van der Waals surface area (Å²) in [4.78, 5) is 16.8. The number of rotatable bonds is 4. The van der Waals surface area contributed by atoms with Crippen molar-refractivity contribution >= 4 is 23.1 Å². The number of nitrogens with zero attached hydrogens (tertiary/aromatic N) is 1. The first-order chi connectivity index (χ1) is 13.5. The van der Waals surface area contributed by atoms with Crippen molar-refractivity contribution in [1.29, 1.82) is 0 Å². The Kier molecular flexibility index (Phi) is 4.57. The fourth-order valence-electron chi connectivity index (χ4n) is 3.43. The quantitative estimate of drug-likeness (QED) is 0.523. The molecule has 1 amide bonds. The van der Waals surface area contributed by atoms with E-state index >= 15 is 0 Å². The van der Waals surface area contributed by atoms with Crippen LogP contribution in [0.1, 0.15) is 21.6 Å². The van der Waals surface area contributed by atoms with Gasteiger partial charge in [-0.2, -0.15) is 0 Å². The summed E-state index contributed by atoms with van der Waals surface area (Å²) in [6, 6.07) is 14.8. The summed E-state index contributed by atoms with van der Waals surface area (Å²) in [5.74, 6) is -0.956. The summed E-state index contributed by atoms with van der Waals surface area (Å²) in [6.45, 7) is 0. The number of fused-ring (bicyclic) bond motifs is 1. The van der Waals surface area contributed by atoms with Gasteiger partial charge in [-0.25, -0.2) is 9.37 Å². The molecule has 1 aliphatic rings. The van der Waals surface area contributed by atoms with Crippen molar-refractivity contribution in [3.8, 4) is 5.75 Å². The Morgan fingerprint density at radius 2 is 1.82 bits per heavy atom. The predicted octanol–water partition coefficient (Wildman–Crippen LogP) is 3.15. The number of anilines is 3. The first-order valence-electron chi connectivity index (χ1n) is 8.88. The van der Waals surface area contributed by atoms with Crippen LogP contribution < -0.4 is 16.4 Å². The third-order valence-electron chi connectivity index (χ3n) is 4.70. The maximum absolute atomic E-state index is 13.1. The van der Waals surface area contributed by atoms with Crippen LogP contribution in [0.5, 0.6) is 5.75 Å². The van der Waals surface area contributed by atoms with Gasteiger partial charge < -0.3 is 21.5 Å². The lowest BCUT2D eigenvalue weighted by Crippen LogP contribution is -2.35. The van der Waals surface area contributed by atoms with Crippen molar-refractivity contribution in [1.82, 2.24) is 10.3 Å². The van der Waals surface area contributed by atoms with Crippen LogP contribution in [0.15, 0.2) is 54.6 Å². The molecule has 1 heterocycles. The van der Waals surface area contributed by atoms with Gasteiger partial charge in [0.1, 0.15) is 23.1 Å². The first kappa shape index (κ1) is 17.8. The molecule has 1 aliphatic carbocycles. The number of benzene rings is 2. The average Bonchev–Trinajstić information content (AvgIpc) is 3.06. The SMILES string of the molecule is Nc1cc(Nc2ccc(F)cc2O)cc(C(=O)NC2Cc3ccccc3C2)n1. The van der Waals surface area contributed by atoms with Crippen LogP contribution in [-0.4, -0.2) is 22.0 Å². The van der Waals surface area contributed by atoms with Crippen LogP contribution in [0.4, 0.5) is 21.6 Å². The van der Waals surface area contributed by atoms with E-state index < -0.39 is 5.82 Å². The number of halogens is 1. The molecule has 0 radical (unpaired) electrons. The number of nitrogen functional groups attached to an aromatic ring is 1. The molecule has 0 spiro atoms. The molecule has 3 aromatic rings. The number of aromatic nitrogens is 1. The minimum absolute atomic E-state index is 0.00526. The normalized spacial score (nSPS) is 13.2. The van der Waals surface area contributed by atoms with Crippen molar-refractivity contribution in [3.05, 3.63) is 77.2 Å². The fourth-order valence-corrected chi connectivity index (χ4v) is 3.43. The highest BCUT2D eigenvalue weighted by Crippen LogP contribution is 2.28. The van der Waals surface area contributed by atoms with E-state index in [1.165, 1.54) is 35.4 Å². The van der Waals surface area contributed by atoms with Crippen molar-refractivity contribution in [2.75, 3.05) is 11.1 Å². The lowest BCUT2D eigenvalue weighted by molar-refractivity contribution is 0.0933. The molecule has 0 bridgehead atoms. The number of nitrogens with one attached hydrogen (secondary N) is 2. The van der Waals surface area contributed by atoms with E-state index in [-0.39, 0.29) is 29.2 Å². The molecule has 1 aromatic heterocycles. The minimum Gasteiger partial charge on any atom is -0.506 e. The second-order valence-corrected chi connectivity index (χ2v) is 6.80. The fraction of sp³-hybridized carbons (Fsp3) is 0.143. The van der Waals surface area contributed by atoms with Gasteiger partial charge in [0.15, 0.2) is 0 Å². The highest BCUT2D eigenvalue weighted by Gasteiger charge is 2.23. The van der Waals surface area contributed by atoms with Crippen molar-refractivity contribution in [3.63, 3.8) is 0 Å². The third kappa shape index (κ3) is 3.73. The van der Waals surface area contributed by atoms with Gasteiger partial charge in [-0.1, -0.05) is 24.3 Å². The van der Waals surface area contributed by atoms with E-state index in [4.69, 9.17) is 5.73 Å². The molecule has 0 fully saturated rings. The van der Waals surface area contributed by atoms with Gasteiger partial charge in [-0.3, -0.25) is 4.79 Å². The van der Waals surface area contributed by atoms with E-state index in [0.717, 1.165) is 18.9 Å². The molecule has 4 rings (SSSR count). The van der Waals surface area contributed by atoms with E-state index in [2.05, 4.69) is 27.8 Å². The Balaban J connectivity index is 1.50. The smallest absolute Gasteiger partial charge is 0.270 e. The van der Waals surface area contributed by atoms with Crippen molar-refractivity contribution in [2.45, 2.75) is 18.9 Å². The third-order valence-corrected chi connectivity index (χ3v) is 4.70. The predicted molar refractivity (Wildman–Crippen MR) is 105 cm³/mol. The zero-order valence-corrected chi connectivity index (χ0v) is 14.9. The molecule has 7 heteroatoms. The van der Waals surface area contributed by atoms with Crippen LogP contribution in [-0.2, 0) is 12.8 Å². The van der Waals surface area contributed by atoms with Crippen LogP contribution >= 0.6 is 0 Å². The number of amides is 1. The molecule has 0 saturated heterocycles. The summed E-state index contributed by atoms with van der Waals surface area (Å²) in [5, 5.41) is 15.8. The van der Waals surface area contributed by atoms with E-state index in [0.29, 0.717) is 11.4 Å². The van der Waals surface area contributed by atoms with Gasteiger partial charge in [0.2, 0.25) is 0 Å². The Hall–Kier alpha value is -3.61. The summed E-state index contributed by atoms with van der Waals surface area (Å²) >= 11 is 0. The van der Waals surface area contributed by atoms with Crippen LogP contribution in [0.2, 0.25) is 0 Å². The zero-order valence-electron chi connectivity index (χ0n) is 14.9. The topological polar surface area (TPSA) is 100 Å². The van der Waals surface area contributed by atoms with Gasteiger partial charge in [0.05, 0.1) is 5.69 Å². The number of aromatic hydroxyl groups is 1. The number of carbonyl (C=O) groups excluding carboxylic acids is 1. The molecule has 28 heavy (non-hydrogen) atoms. The summed E-state index contributed by atoms with van der Waals surface area (Å²) in [5.41, 5.74) is 9.24. The molecule has 0 aliphatic heterocycles. The Labute approximate surface area is 161 Å². The highest BCUT2D eigenvalue weighted by atomic mass is 19.1. The summed E-state index contributed by atoms with van der Waals surface area (Å²) in [6.07, 6.45) is 1.55. The highest BCUT2D eigenvalue weighted by molar-refractivity contribution is 5.94. The largest absolute Gasteiger partial charge is 0.506 e. The Morgan fingerprint density at radius 1 is 1.11 bits per heavy atom. The molecule has 6 nitrogen and oxygen atoms in total. The van der Waals surface area contributed by atoms with Gasteiger partial charge in [0, 0.05) is 23.9 Å². The van der Waals surface area contributed by atoms with E-state index in [1.54, 1.807) is 0 Å². The molecule has 2 aromatic carbocycles. The number of hydrogen-bond acceptors (Lipinski definition) is 5. The zero-order chi connectivity index (χ0) is 19.7. The second-order valence-electron chi connectivity index (χ2n) is 6.80. The number of hydrogen-bond donors (Lipinski definition) is 4. The van der Waals surface area contributed by atoms with Crippen molar-refractivity contribution in [2.24, 2.45) is 0 Å². The lowest BCUT2D eigenvalue weighted by Gasteiger charge is -2.14. The number of nitrogens with two attached hydrogens (primary N) is 1. The van der Waals surface area contributed by atoms with E-state index in [1.807, 2.05) is 12.1 Å². The van der Waals surface area contributed by atoms with Crippen LogP contribution in [0, 0.1) is 5.82 Å². The first-order valence-corrected chi connectivity index (χ1v) is 8.88. The molecule has 0 atom stereocenters. The lowest BCUT2D eigenvalue weighted by atomic mass is 10.1. The maximum Gasteiger partial charge on any atom is 0.270 e. The van der Waals surface area contributed by atoms with Gasteiger partial charge in [-0.05, 0) is 42.2 Å². The number of phenolic OH excluding ortho intramolecular Hbond substituents is 1. The molecular formula is C21H19FN4O2. The summed E-state index contributed by atoms with van der Waals surface area (Å²) in [7, 11) is 0. The minimum atomic E-state index is -0.546. The van der Waals surface area contributed by atoms with Crippen LogP contribution in [0.25, 0.3) is 0 Å². The van der Waals surface area contributed by atoms with Crippen molar-refractivity contribution < 1.29 is 14.3 Å².